The molecule has 1 aliphatic carbocycles. The summed E-state index contributed by atoms with van der Waals surface area (Å²) in [5.74, 6) is -0.358. The van der Waals surface area contributed by atoms with Gasteiger partial charge in [0, 0.05) is 25.2 Å². The highest BCUT2D eigenvalue weighted by Gasteiger charge is 2.42. The van der Waals surface area contributed by atoms with E-state index < -0.39 is 5.97 Å². The fourth-order valence-corrected chi connectivity index (χ4v) is 4.14. The van der Waals surface area contributed by atoms with E-state index in [4.69, 9.17) is 9.84 Å². The minimum atomic E-state index is -0.994. The monoisotopic (exact) mass is 347 g/mol. The number of carboxylic acid groups (broad SMARTS) is 1. The Morgan fingerprint density at radius 2 is 2.08 bits per heavy atom. The molecule has 1 saturated heterocycles. The van der Waals surface area contributed by atoms with E-state index in [0.29, 0.717) is 5.82 Å². The fourth-order valence-electron chi connectivity index (χ4n) is 4.14. The van der Waals surface area contributed by atoms with Crippen molar-refractivity contribution < 1.29 is 14.6 Å². The molecule has 2 fully saturated rings. The van der Waals surface area contributed by atoms with Gasteiger partial charge in [-0.05, 0) is 38.8 Å². The zero-order valence-electron chi connectivity index (χ0n) is 15.3. The molecule has 0 atom stereocenters. The van der Waals surface area contributed by atoms with Gasteiger partial charge in [0.15, 0.2) is 5.69 Å². The summed E-state index contributed by atoms with van der Waals surface area (Å²) >= 11 is 0. The first-order valence-electron chi connectivity index (χ1n) is 9.24. The quantitative estimate of drug-likeness (QED) is 0.853. The third kappa shape index (κ3) is 4.30. The normalized spacial score (nSPS) is 23.1. The largest absolute Gasteiger partial charge is 0.477 e. The van der Waals surface area contributed by atoms with Crippen LogP contribution in [0, 0.1) is 0 Å². The second-order valence-corrected chi connectivity index (χ2v) is 7.88. The van der Waals surface area contributed by atoms with Crippen molar-refractivity contribution in [1.29, 1.82) is 0 Å². The summed E-state index contributed by atoms with van der Waals surface area (Å²) in [4.78, 5) is 17.9. The van der Waals surface area contributed by atoms with Crippen molar-refractivity contribution in [3.8, 4) is 0 Å². The summed E-state index contributed by atoms with van der Waals surface area (Å²) in [7, 11) is 0. The number of morpholine rings is 1. The average Bonchev–Trinajstić information content (AvgIpc) is 2.60. The van der Waals surface area contributed by atoms with E-state index in [9.17, 15) is 4.79 Å². The molecule has 3 rings (SSSR count). The van der Waals surface area contributed by atoms with Crippen molar-refractivity contribution in [3.63, 3.8) is 0 Å². The van der Waals surface area contributed by atoms with Crippen LogP contribution in [0.1, 0.15) is 56.4 Å². The molecule has 1 aromatic heterocycles. The molecule has 2 N–H and O–H groups in total. The van der Waals surface area contributed by atoms with E-state index in [1.807, 2.05) is 6.07 Å². The van der Waals surface area contributed by atoms with E-state index in [1.54, 1.807) is 6.07 Å². The Labute approximate surface area is 149 Å². The van der Waals surface area contributed by atoms with Crippen LogP contribution in [0.25, 0.3) is 0 Å². The maximum Gasteiger partial charge on any atom is 0.354 e. The molecule has 2 aliphatic rings. The van der Waals surface area contributed by atoms with Gasteiger partial charge < -0.3 is 15.2 Å². The SMILES string of the molecule is CC1(C)CN(C2(CNc3cccc(C(=O)O)n3)CCCCC2)CCO1. The first-order valence-corrected chi connectivity index (χ1v) is 9.24. The highest BCUT2D eigenvalue weighted by atomic mass is 16.5. The van der Waals surface area contributed by atoms with Crippen LogP contribution in [0.15, 0.2) is 18.2 Å². The molecule has 25 heavy (non-hydrogen) atoms. The molecule has 6 nitrogen and oxygen atoms in total. The standard InChI is InChI=1S/C19H29N3O3/c1-18(2)14-22(11-12-25-18)19(9-4-3-5-10-19)13-20-16-8-6-7-15(21-16)17(23)24/h6-8H,3-5,9-14H2,1-2H3,(H,20,21)(H,23,24). The van der Waals surface area contributed by atoms with Crippen LogP contribution in [-0.4, -0.2) is 58.3 Å². The Balaban J connectivity index is 1.75. The van der Waals surface area contributed by atoms with Crippen molar-refractivity contribution in [2.75, 3.05) is 31.6 Å². The lowest BCUT2D eigenvalue weighted by atomic mass is 9.79. The number of anilines is 1. The maximum absolute atomic E-state index is 11.1. The lowest BCUT2D eigenvalue weighted by molar-refractivity contribution is -0.120. The molecule has 1 aliphatic heterocycles. The minimum Gasteiger partial charge on any atom is -0.477 e. The molecular weight excluding hydrogens is 318 g/mol. The molecule has 0 amide bonds. The van der Waals surface area contributed by atoms with E-state index in [1.165, 1.54) is 25.3 Å². The van der Waals surface area contributed by atoms with Gasteiger partial charge in [-0.1, -0.05) is 25.3 Å². The Bertz CT molecular complexity index is 612. The average molecular weight is 347 g/mol. The first kappa shape index (κ1) is 18.1. The number of rotatable bonds is 5. The highest BCUT2D eigenvalue weighted by molar-refractivity contribution is 5.85. The molecule has 138 valence electrons. The maximum atomic E-state index is 11.1. The Hall–Kier alpha value is -1.66. The zero-order chi connectivity index (χ0) is 17.9. The minimum absolute atomic E-state index is 0.0789. The number of ether oxygens (including phenoxy) is 1. The number of aromatic nitrogens is 1. The second-order valence-electron chi connectivity index (χ2n) is 7.88. The summed E-state index contributed by atoms with van der Waals surface area (Å²) in [6, 6.07) is 5.10. The van der Waals surface area contributed by atoms with Crippen LogP contribution in [0.4, 0.5) is 5.82 Å². The van der Waals surface area contributed by atoms with Crippen molar-refractivity contribution in [1.82, 2.24) is 9.88 Å². The molecule has 6 heteroatoms. The number of pyridine rings is 1. The third-order valence-corrected chi connectivity index (χ3v) is 5.45. The number of carboxylic acids is 1. The molecule has 0 unspecified atom stereocenters. The van der Waals surface area contributed by atoms with Gasteiger partial charge in [-0.25, -0.2) is 9.78 Å². The fraction of sp³-hybridized carbons (Fsp3) is 0.684. The predicted molar refractivity (Wildman–Crippen MR) is 97.1 cm³/mol. The van der Waals surface area contributed by atoms with Crippen molar-refractivity contribution in [3.05, 3.63) is 23.9 Å². The summed E-state index contributed by atoms with van der Waals surface area (Å²) in [5, 5.41) is 12.5. The number of nitrogens with zero attached hydrogens (tertiary/aromatic N) is 2. The van der Waals surface area contributed by atoms with E-state index in [-0.39, 0.29) is 16.8 Å². The number of nitrogens with one attached hydrogen (secondary N) is 1. The summed E-state index contributed by atoms with van der Waals surface area (Å²) in [6.45, 7) is 7.74. The van der Waals surface area contributed by atoms with Gasteiger partial charge in [0.05, 0.1) is 12.2 Å². The van der Waals surface area contributed by atoms with E-state index in [2.05, 4.69) is 29.0 Å². The molecule has 0 spiro atoms. The van der Waals surface area contributed by atoms with Gasteiger partial charge >= 0.3 is 5.97 Å². The molecule has 2 heterocycles. The van der Waals surface area contributed by atoms with Crippen molar-refractivity contribution in [2.45, 2.75) is 57.1 Å². The number of hydrogen-bond acceptors (Lipinski definition) is 5. The number of aromatic carboxylic acids is 1. The molecular formula is C19H29N3O3. The van der Waals surface area contributed by atoms with Gasteiger partial charge in [-0.15, -0.1) is 0 Å². The predicted octanol–water partition coefficient (Wildman–Crippen LogP) is 3.01. The Morgan fingerprint density at radius 1 is 1.32 bits per heavy atom. The van der Waals surface area contributed by atoms with Crippen LogP contribution in [0.3, 0.4) is 0 Å². The van der Waals surface area contributed by atoms with Crippen molar-refractivity contribution >= 4 is 11.8 Å². The van der Waals surface area contributed by atoms with Crippen molar-refractivity contribution in [2.24, 2.45) is 0 Å². The zero-order valence-corrected chi connectivity index (χ0v) is 15.3. The van der Waals surface area contributed by atoms with Crippen LogP contribution < -0.4 is 5.32 Å². The molecule has 1 aromatic rings. The van der Waals surface area contributed by atoms with Crippen LogP contribution >= 0.6 is 0 Å². The number of hydrogen-bond donors (Lipinski definition) is 2. The van der Waals surface area contributed by atoms with Gasteiger partial charge in [-0.2, -0.15) is 0 Å². The summed E-state index contributed by atoms with van der Waals surface area (Å²) in [5.41, 5.74) is 0.0555. The van der Waals surface area contributed by atoms with Gasteiger partial charge in [0.1, 0.15) is 5.82 Å². The summed E-state index contributed by atoms with van der Waals surface area (Å²) in [6.07, 6.45) is 6.09. The molecule has 0 aromatic carbocycles. The lowest BCUT2D eigenvalue weighted by Crippen LogP contribution is -2.61. The van der Waals surface area contributed by atoms with E-state index >= 15 is 0 Å². The molecule has 0 bridgehead atoms. The molecule has 1 saturated carbocycles. The van der Waals surface area contributed by atoms with Gasteiger partial charge in [0.2, 0.25) is 0 Å². The summed E-state index contributed by atoms with van der Waals surface area (Å²) < 4.78 is 5.90. The highest BCUT2D eigenvalue weighted by Crippen LogP contribution is 2.36. The second kappa shape index (κ2) is 7.30. The smallest absolute Gasteiger partial charge is 0.354 e. The van der Waals surface area contributed by atoms with Crippen LogP contribution in [-0.2, 0) is 4.74 Å². The Kier molecular flexibility index (Phi) is 5.29. The molecule has 0 radical (unpaired) electrons. The topological polar surface area (TPSA) is 74.7 Å². The number of carbonyl (C=O) groups is 1. The van der Waals surface area contributed by atoms with Crippen LogP contribution in [0.2, 0.25) is 0 Å². The van der Waals surface area contributed by atoms with Crippen LogP contribution in [0.5, 0.6) is 0 Å². The van der Waals surface area contributed by atoms with Gasteiger partial charge in [-0.3, -0.25) is 4.90 Å². The van der Waals surface area contributed by atoms with E-state index in [0.717, 1.165) is 39.1 Å². The Morgan fingerprint density at radius 3 is 2.76 bits per heavy atom. The first-order chi connectivity index (χ1) is 11.9. The van der Waals surface area contributed by atoms with Gasteiger partial charge in [0.25, 0.3) is 0 Å². The third-order valence-electron chi connectivity index (χ3n) is 5.45. The lowest BCUT2D eigenvalue weighted by Gasteiger charge is -2.51.